The molecule has 7 heteroatoms. The van der Waals surface area contributed by atoms with Gasteiger partial charge in [0, 0.05) is 12.5 Å². The highest BCUT2D eigenvalue weighted by Crippen LogP contribution is 2.30. The molecule has 0 aliphatic heterocycles. The molecular formula is C23H39N5O2. The minimum Gasteiger partial charge on any atom is -0.449 e. The van der Waals surface area contributed by atoms with E-state index < -0.39 is 0 Å². The van der Waals surface area contributed by atoms with Crippen LogP contribution in [-0.2, 0) is 9.53 Å². The number of carbonyl (C=O) groups is 1. The molecule has 0 heterocycles. The smallest absolute Gasteiger partial charge is 0.307 e. The molecule has 0 unspecified atom stereocenters. The van der Waals surface area contributed by atoms with Gasteiger partial charge in [0.25, 0.3) is 0 Å². The Morgan fingerprint density at radius 2 is 1.53 bits per heavy atom. The maximum Gasteiger partial charge on any atom is 0.307 e. The fourth-order valence-electron chi connectivity index (χ4n) is 4.36. The predicted octanol–water partition coefficient (Wildman–Crippen LogP) is 5.17. The zero-order chi connectivity index (χ0) is 21.8. The third kappa shape index (κ3) is 8.09. The van der Waals surface area contributed by atoms with E-state index in [1.165, 1.54) is 0 Å². The van der Waals surface area contributed by atoms with Gasteiger partial charge in [0.05, 0.1) is 12.1 Å². The molecule has 0 bridgehead atoms. The Hall–Kier alpha value is -1.89. The van der Waals surface area contributed by atoms with Crippen LogP contribution in [0.1, 0.15) is 78.1 Å². The summed E-state index contributed by atoms with van der Waals surface area (Å²) >= 11 is 0. The largest absolute Gasteiger partial charge is 0.449 e. The van der Waals surface area contributed by atoms with Crippen LogP contribution in [0.25, 0.3) is 0 Å². The van der Waals surface area contributed by atoms with Crippen molar-refractivity contribution in [3.8, 4) is 0 Å². The van der Waals surface area contributed by atoms with Gasteiger partial charge in [-0.2, -0.15) is 10.2 Å². The van der Waals surface area contributed by atoms with E-state index in [1.54, 1.807) is 0 Å². The lowest BCUT2D eigenvalue weighted by atomic mass is 9.86. The van der Waals surface area contributed by atoms with Crippen LogP contribution in [0.2, 0.25) is 0 Å². The van der Waals surface area contributed by atoms with Crippen molar-refractivity contribution < 1.29 is 9.53 Å². The van der Waals surface area contributed by atoms with Crippen LogP contribution >= 0.6 is 0 Å². The van der Waals surface area contributed by atoms with Gasteiger partial charge in [0.2, 0.25) is 0 Å². The standard InChI is InChI=1S/C23H39N5O2/c1-5-7-23(29)30-17-28(6-2)21-14-12-20(13-15-21)27-26-19-10-8-18(9-11-19)16-22(24-3)25-4/h16,18-21H,3-15,17H2,1-2H3. The zero-order valence-electron chi connectivity index (χ0n) is 18.8. The Kier molecular flexibility index (Phi) is 10.9. The lowest BCUT2D eigenvalue weighted by molar-refractivity contribution is -0.149. The second-order valence-electron chi connectivity index (χ2n) is 8.40. The van der Waals surface area contributed by atoms with Gasteiger partial charge in [-0.25, -0.2) is 9.98 Å². The Morgan fingerprint density at radius 3 is 2.03 bits per heavy atom. The fraction of sp³-hybridized carbons (Fsp3) is 0.783. The van der Waals surface area contributed by atoms with Crippen LogP contribution < -0.4 is 0 Å². The Bertz CT molecular complexity index is 593. The first-order valence-electron chi connectivity index (χ1n) is 11.5. The predicted molar refractivity (Wildman–Crippen MR) is 122 cm³/mol. The lowest BCUT2D eigenvalue weighted by Gasteiger charge is -2.34. The molecule has 2 rings (SSSR count). The maximum atomic E-state index is 11.6. The summed E-state index contributed by atoms with van der Waals surface area (Å²) in [5, 5.41) is 9.37. The molecule has 0 N–H and O–H groups in total. The summed E-state index contributed by atoms with van der Waals surface area (Å²) in [6.07, 6.45) is 12.0. The molecular weight excluding hydrogens is 378 g/mol. The first-order valence-corrected chi connectivity index (χ1v) is 11.5. The second-order valence-corrected chi connectivity index (χ2v) is 8.40. The van der Waals surface area contributed by atoms with E-state index >= 15 is 0 Å². The molecule has 30 heavy (non-hydrogen) atoms. The van der Waals surface area contributed by atoms with Crippen molar-refractivity contribution in [2.75, 3.05) is 13.3 Å². The van der Waals surface area contributed by atoms with E-state index in [-0.39, 0.29) is 5.97 Å². The van der Waals surface area contributed by atoms with E-state index in [9.17, 15) is 4.79 Å². The number of esters is 1. The third-order valence-corrected chi connectivity index (χ3v) is 6.28. The molecule has 0 aromatic carbocycles. The number of nitrogens with zero attached hydrogens (tertiary/aromatic N) is 5. The average Bonchev–Trinajstić information content (AvgIpc) is 2.78. The summed E-state index contributed by atoms with van der Waals surface area (Å²) in [6, 6.07) is 1.15. The van der Waals surface area contributed by atoms with Crippen molar-refractivity contribution >= 4 is 19.4 Å². The molecule has 0 spiro atoms. The van der Waals surface area contributed by atoms with E-state index in [0.717, 1.165) is 64.3 Å². The molecule has 2 saturated carbocycles. The molecule has 0 atom stereocenters. The Labute approximate surface area is 181 Å². The number of hydrogen-bond acceptors (Lipinski definition) is 7. The number of hydrogen-bond donors (Lipinski definition) is 0. The van der Waals surface area contributed by atoms with Crippen LogP contribution in [-0.4, -0.2) is 55.7 Å². The molecule has 0 aromatic heterocycles. The Morgan fingerprint density at radius 1 is 0.967 bits per heavy atom. The van der Waals surface area contributed by atoms with Crippen LogP contribution in [0.3, 0.4) is 0 Å². The van der Waals surface area contributed by atoms with Gasteiger partial charge in [-0.15, -0.1) is 0 Å². The molecule has 0 amide bonds. The summed E-state index contributed by atoms with van der Waals surface area (Å²) < 4.78 is 5.41. The highest BCUT2D eigenvalue weighted by Gasteiger charge is 2.26. The number of carbonyl (C=O) groups excluding carboxylic acids is 1. The first-order chi connectivity index (χ1) is 14.6. The van der Waals surface area contributed by atoms with E-state index in [2.05, 4.69) is 46.4 Å². The van der Waals surface area contributed by atoms with Gasteiger partial charge in [0.1, 0.15) is 12.6 Å². The average molecular weight is 418 g/mol. The molecule has 0 radical (unpaired) electrons. The monoisotopic (exact) mass is 417 g/mol. The van der Waals surface area contributed by atoms with Crippen molar-refractivity contribution in [2.45, 2.75) is 96.2 Å². The van der Waals surface area contributed by atoms with Crippen molar-refractivity contribution in [3.63, 3.8) is 0 Å². The van der Waals surface area contributed by atoms with Crippen molar-refractivity contribution in [3.05, 3.63) is 11.9 Å². The van der Waals surface area contributed by atoms with Gasteiger partial charge >= 0.3 is 5.97 Å². The highest BCUT2D eigenvalue weighted by atomic mass is 16.5. The number of rotatable bonds is 11. The van der Waals surface area contributed by atoms with E-state index in [0.29, 0.717) is 43.0 Å². The summed E-state index contributed by atoms with van der Waals surface area (Å²) in [5.74, 6) is 1.03. The topological polar surface area (TPSA) is 79.0 Å². The summed E-state index contributed by atoms with van der Waals surface area (Å²) in [4.78, 5) is 21.7. The maximum absolute atomic E-state index is 11.6. The van der Waals surface area contributed by atoms with Crippen LogP contribution in [0.4, 0.5) is 0 Å². The van der Waals surface area contributed by atoms with E-state index in [4.69, 9.17) is 9.85 Å². The second kappa shape index (κ2) is 13.4. The van der Waals surface area contributed by atoms with Crippen LogP contribution in [0, 0.1) is 5.92 Å². The van der Waals surface area contributed by atoms with E-state index in [1.807, 2.05) is 6.92 Å². The molecule has 7 nitrogen and oxygen atoms in total. The molecule has 0 aromatic rings. The lowest BCUT2D eigenvalue weighted by Crippen LogP contribution is -2.40. The normalized spacial score (nSPS) is 27.0. The van der Waals surface area contributed by atoms with Crippen molar-refractivity contribution in [1.29, 1.82) is 0 Å². The fourth-order valence-corrected chi connectivity index (χ4v) is 4.36. The summed E-state index contributed by atoms with van der Waals surface area (Å²) in [7, 11) is 0. The van der Waals surface area contributed by atoms with Crippen molar-refractivity contribution in [1.82, 2.24) is 4.90 Å². The van der Waals surface area contributed by atoms with Gasteiger partial charge in [-0.05, 0) is 89.8 Å². The SMILES string of the molecule is C=NC(=CC1CCC(N=NC2CCC(N(CC)COC(=O)CCC)CC2)CC1)N=C. The summed E-state index contributed by atoms with van der Waals surface area (Å²) in [6.45, 7) is 12.5. The van der Waals surface area contributed by atoms with Gasteiger partial charge < -0.3 is 4.74 Å². The Balaban J connectivity index is 1.71. The van der Waals surface area contributed by atoms with Crippen LogP contribution in [0.5, 0.6) is 0 Å². The zero-order valence-corrected chi connectivity index (χ0v) is 18.8. The summed E-state index contributed by atoms with van der Waals surface area (Å²) in [5.41, 5.74) is 0. The highest BCUT2D eigenvalue weighted by molar-refractivity contribution is 5.69. The molecule has 0 saturated heterocycles. The third-order valence-electron chi connectivity index (χ3n) is 6.28. The van der Waals surface area contributed by atoms with Crippen molar-refractivity contribution in [2.24, 2.45) is 26.1 Å². The van der Waals surface area contributed by atoms with Gasteiger partial charge in [0.15, 0.2) is 0 Å². The van der Waals surface area contributed by atoms with Gasteiger partial charge in [-0.1, -0.05) is 13.8 Å². The minimum atomic E-state index is -0.0959. The quantitative estimate of drug-likeness (QED) is 0.201. The number of ether oxygens (including phenoxy) is 1. The first kappa shape index (κ1) is 24.4. The minimum absolute atomic E-state index is 0.0959. The number of aliphatic imine (C=N–C) groups is 2. The molecule has 2 aliphatic rings. The van der Waals surface area contributed by atoms with Gasteiger partial charge in [-0.3, -0.25) is 9.69 Å². The molecule has 168 valence electrons. The number of azo groups is 1. The van der Waals surface area contributed by atoms with Crippen LogP contribution in [0.15, 0.2) is 32.1 Å². The number of allylic oxidation sites excluding steroid dienone is 1. The molecule has 2 fully saturated rings. The molecule has 2 aliphatic carbocycles.